The molecule has 0 aromatic heterocycles. The maximum absolute atomic E-state index is 14.0. The Kier molecular flexibility index (Phi) is 5.54. The maximum atomic E-state index is 14.0. The van der Waals surface area contributed by atoms with Crippen LogP contribution in [-0.2, 0) is 0 Å². The van der Waals surface area contributed by atoms with E-state index in [4.69, 9.17) is 9.47 Å². The largest absolute Gasteiger partial charge is 0.508 e. The van der Waals surface area contributed by atoms with Gasteiger partial charge in [0.25, 0.3) is 0 Å². The van der Waals surface area contributed by atoms with Gasteiger partial charge in [-0.3, -0.25) is 9.59 Å². The first kappa shape index (κ1) is 24.7. The molecule has 0 bridgehead atoms. The average Bonchev–Trinajstić information content (AvgIpc) is 3.21. The summed E-state index contributed by atoms with van der Waals surface area (Å²) in [6.07, 6.45) is 0.169. The Morgan fingerprint density at radius 2 is 1.30 bits per heavy atom. The molecule has 10 heteroatoms. The number of carbonyl (C=O) groups excluding carboxylic acids is 2. The number of carbonyl (C=O) groups is 2. The SMILES string of the molecule is O=C1/C(=C\c2cc(O)c(O)cc2[C@H]2C(=O)c3ccc(O)cc3O[C@@H]2c2ccc(O)c(O)c2)Oc2cc(O)ccc21. The quantitative estimate of drug-likeness (QED) is 0.159. The topological polar surface area (TPSA) is 174 Å². The number of phenolic OH excluding ortho intramolecular Hbond substituents is 6. The number of hydrogen-bond donors (Lipinski definition) is 6. The molecule has 4 aromatic rings. The molecule has 0 saturated carbocycles. The van der Waals surface area contributed by atoms with Crippen molar-refractivity contribution >= 4 is 17.6 Å². The van der Waals surface area contributed by atoms with Gasteiger partial charge in [-0.2, -0.15) is 0 Å². The highest BCUT2D eigenvalue weighted by atomic mass is 16.5. The van der Waals surface area contributed by atoms with Crippen LogP contribution in [0.25, 0.3) is 6.08 Å². The summed E-state index contributed by atoms with van der Waals surface area (Å²) >= 11 is 0. The standard InChI is InChI=1S/C30H20O10/c31-15-2-4-17-24(10-15)39-26(28(17)37)9-14-8-22(35)23(36)12-19(14)27-29(38)18-5-3-16(32)11-25(18)40-30(27)13-1-6-20(33)21(34)7-13/h1-12,27,30-36H/b26-9+/t27-,30+/m0/s1. The van der Waals surface area contributed by atoms with Crippen LogP contribution in [-0.4, -0.2) is 42.2 Å². The average molecular weight is 540 g/mol. The Hall–Kier alpha value is -5.64. The smallest absolute Gasteiger partial charge is 0.231 e. The van der Waals surface area contributed by atoms with Crippen molar-refractivity contribution < 1.29 is 49.7 Å². The van der Waals surface area contributed by atoms with Crippen molar-refractivity contribution in [3.63, 3.8) is 0 Å². The van der Waals surface area contributed by atoms with E-state index in [0.717, 1.165) is 0 Å². The lowest BCUT2D eigenvalue weighted by atomic mass is 9.79. The van der Waals surface area contributed by atoms with Crippen LogP contribution in [0.4, 0.5) is 0 Å². The number of ketones is 2. The number of allylic oxidation sites excluding steroid dienone is 1. The van der Waals surface area contributed by atoms with Gasteiger partial charge in [-0.1, -0.05) is 6.07 Å². The van der Waals surface area contributed by atoms with Crippen LogP contribution in [0.3, 0.4) is 0 Å². The number of fused-ring (bicyclic) bond motifs is 2. The number of aromatic hydroxyl groups is 6. The van der Waals surface area contributed by atoms with E-state index in [1.165, 1.54) is 72.8 Å². The molecule has 0 radical (unpaired) electrons. The van der Waals surface area contributed by atoms with Crippen molar-refractivity contribution in [2.75, 3.05) is 0 Å². The van der Waals surface area contributed by atoms with Crippen molar-refractivity contribution in [2.24, 2.45) is 0 Å². The van der Waals surface area contributed by atoms with E-state index in [-0.39, 0.29) is 56.6 Å². The van der Waals surface area contributed by atoms with E-state index in [1.807, 2.05) is 0 Å². The highest BCUT2D eigenvalue weighted by Crippen LogP contribution is 2.48. The lowest BCUT2D eigenvalue weighted by Gasteiger charge is -2.34. The summed E-state index contributed by atoms with van der Waals surface area (Å²) < 4.78 is 11.8. The number of Topliss-reactive ketones (excluding diaryl/α,β-unsaturated/α-hetero) is 2. The molecule has 200 valence electrons. The van der Waals surface area contributed by atoms with Crippen molar-refractivity contribution in [3.05, 3.63) is 100 Å². The summed E-state index contributed by atoms with van der Waals surface area (Å²) in [6, 6.07) is 14.2. The fraction of sp³-hybridized carbons (Fsp3) is 0.0667. The number of rotatable bonds is 3. The molecule has 0 saturated heterocycles. The third-order valence-corrected chi connectivity index (χ3v) is 6.85. The van der Waals surface area contributed by atoms with Gasteiger partial charge in [0.2, 0.25) is 5.78 Å². The number of benzene rings is 4. The van der Waals surface area contributed by atoms with Crippen molar-refractivity contribution in [3.8, 4) is 46.0 Å². The summed E-state index contributed by atoms with van der Waals surface area (Å²) in [5.74, 6) is -4.29. The fourth-order valence-corrected chi connectivity index (χ4v) is 4.92. The molecule has 2 heterocycles. The first-order valence-electron chi connectivity index (χ1n) is 12.0. The molecule has 2 aliphatic heterocycles. The predicted octanol–water partition coefficient (Wildman–Crippen LogP) is 4.64. The van der Waals surface area contributed by atoms with Crippen LogP contribution in [0, 0.1) is 0 Å². The van der Waals surface area contributed by atoms with Gasteiger partial charge in [-0.25, -0.2) is 0 Å². The van der Waals surface area contributed by atoms with E-state index >= 15 is 0 Å². The fourth-order valence-electron chi connectivity index (χ4n) is 4.92. The second kappa shape index (κ2) is 8.98. The monoisotopic (exact) mass is 540 g/mol. The third kappa shape index (κ3) is 3.99. The zero-order chi connectivity index (χ0) is 28.3. The van der Waals surface area contributed by atoms with Crippen molar-refractivity contribution in [2.45, 2.75) is 12.0 Å². The zero-order valence-electron chi connectivity index (χ0n) is 20.4. The number of ether oxygens (including phenoxy) is 2. The van der Waals surface area contributed by atoms with E-state index in [0.29, 0.717) is 0 Å². The normalized spacial score (nSPS) is 18.6. The van der Waals surface area contributed by atoms with Gasteiger partial charge < -0.3 is 40.1 Å². The molecular formula is C30H20O10. The molecule has 10 nitrogen and oxygen atoms in total. The van der Waals surface area contributed by atoms with E-state index in [9.17, 15) is 40.2 Å². The first-order chi connectivity index (χ1) is 19.1. The van der Waals surface area contributed by atoms with Gasteiger partial charge in [-0.05, 0) is 71.3 Å². The van der Waals surface area contributed by atoms with Gasteiger partial charge in [0, 0.05) is 12.1 Å². The van der Waals surface area contributed by atoms with Crippen molar-refractivity contribution in [1.82, 2.24) is 0 Å². The van der Waals surface area contributed by atoms with Crippen LogP contribution in [0.5, 0.6) is 46.0 Å². The molecule has 6 rings (SSSR count). The molecule has 40 heavy (non-hydrogen) atoms. The molecule has 4 aromatic carbocycles. The molecule has 0 amide bonds. The Labute approximate surface area is 225 Å². The number of phenols is 6. The minimum absolute atomic E-state index is 0.0753. The minimum atomic E-state index is -1.19. The molecule has 6 N–H and O–H groups in total. The second-order valence-corrected chi connectivity index (χ2v) is 9.40. The Morgan fingerprint density at radius 3 is 2.02 bits per heavy atom. The lowest BCUT2D eigenvalue weighted by molar-refractivity contribution is 0.0780. The Bertz CT molecular complexity index is 1770. The highest BCUT2D eigenvalue weighted by molar-refractivity contribution is 6.15. The molecule has 2 aliphatic rings. The molecule has 2 atom stereocenters. The molecule has 0 fully saturated rings. The molecule has 0 unspecified atom stereocenters. The van der Waals surface area contributed by atoms with Gasteiger partial charge in [-0.15, -0.1) is 0 Å². The molecule has 0 aliphatic carbocycles. The third-order valence-electron chi connectivity index (χ3n) is 6.85. The summed E-state index contributed by atoms with van der Waals surface area (Å²) in [5, 5.41) is 60.5. The summed E-state index contributed by atoms with van der Waals surface area (Å²) in [6.45, 7) is 0. The molecular weight excluding hydrogens is 520 g/mol. The summed E-state index contributed by atoms with van der Waals surface area (Å²) in [4.78, 5) is 27.0. The van der Waals surface area contributed by atoms with Crippen LogP contribution in [0.2, 0.25) is 0 Å². The van der Waals surface area contributed by atoms with Crippen LogP contribution >= 0.6 is 0 Å². The van der Waals surface area contributed by atoms with E-state index < -0.39 is 46.6 Å². The summed E-state index contributed by atoms with van der Waals surface area (Å²) in [5.41, 5.74) is 0.915. The van der Waals surface area contributed by atoms with Gasteiger partial charge >= 0.3 is 0 Å². The zero-order valence-corrected chi connectivity index (χ0v) is 20.4. The van der Waals surface area contributed by atoms with Crippen LogP contribution < -0.4 is 9.47 Å². The Morgan fingerprint density at radius 1 is 0.650 bits per heavy atom. The second-order valence-electron chi connectivity index (χ2n) is 9.40. The van der Waals surface area contributed by atoms with Gasteiger partial charge in [0.1, 0.15) is 29.1 Å². The van der Waals surface area contributed by atoms with Crippen LogP contribution in [0.1, 0.15) is 49.4 Å². The molecule has 0 spiro atoms. The lowest BCUT2D eigenvalue weighted by Crippen LogP contribution is -2.30. The predicted molar refractivity (Wildman–Crippen MR) is 139 cm³/mol. The minimum Gasteiger partial charge on any atom is -0.508 e. The van der Waals surface area contributed by atoms with Gasteiger partial charge in [0.15, 0.2) is 34.5 Å². The van der Waals surface area contributed by atoms with Crippen LogP contribution in [0.15, 0.2) is 72.5 Å². The Balaban J connectivity index is 1.53. The van der Waals surface area contributed by atoms with Gasteiger partial charge in [0.05, 0.1) is 17.0 Å². The maximum Gasteiger partial charge on any atom is 0.231 e. The summed E-state index contributed by atoms with van der Waals surface area (Å²) in [7, 11) is 0. The van der Waals surface area contributed by atoms with E-state index in [1.54, 1.807) is 0 Å². The highest BCUT2D eigenvalue weighted by Gasteiger charge is 2.41. The van der Waals surface area contributed by atoms with E-state index in [2.05, 4.69) is 0 Å². The van der Waals surface area contributed by atoms with Crippen molar-refractivity contribution in [1.29, 1.82) is 0 Å². The number of hydrogen-bond acceptors (Lipinski definition) is 10. The first-order valence-corrected chi connectivity index (χ1v) is 12.0.